The number of nitrogens with zero attached hydrogens (tertiary/aromatic N) is 2. The van der Waals surface area contributed by atoms with E-state index < -0.39 is 5.91 Å². The molecule has 0 bridgehead atoms. The molecule has 0 unspecified atom stereocenters. The third-order valence-electron chi connectivity index (χ3n) is 3.02. The van der Waals surface area contributed by atoms with Crippen molar-refractivity contribution in [3.63, 3.8) is 0 Å². The van der Waals surface area contributed by atoms with Crippen LogP contribution in [0.15, 0.2) is 57.5 Å². The van der Waals surface area contributed by atoms with Gasteiger partial charge in [0.25, 0.3) is 5.91 Å². The molecule has 0 fully saturated rings. The zero-order valence-corrected chi connectivity index (χ0v) is 15.1. The van der Waals surface area contributed by atoms with Crippen molar-refractivity contribution in [2.75, 3.05) is 0 Å². The number of carbonyl (C=O) groups is 1. The fraction of sp³-hybridized carbons (Fsp3) is 0.0625. The van der Waals surface area contributed by atoms with Crippen LogP contribution in [0, 0.1) is 0 Å². The van der Waals surface area contributed by atoms with E-state index in [2.05, 4.69) is 25.9 Å². The average Bonchev–Trinajstić information content (AvgIpc) is 3.02. The number of nitrogens with two attached hydrogens (primary N) is 1. The van der Waals surface area contributed by atoms with Crippen LogP contribution in [-0.2, 0) is 5.75 Å². The molecule has 7 heteroatoms. The predicted molar refractivity (Wildman–Crippen MR) is 97.6 cm³/mol. The van der Waals surface area contributed by atoms with Gasteiger partial charge in [-0.1, -0.05) is 39.8 Å². The Morgan fingerprint density at radius 1 is 1.30 bits per heavy atom. The van der Waals surface area contributed by atoms with Gasteiger partial charge in [-0.3, -0.25) is 4.79 Å². The molecule has 0 aliphatic carbocycles. The van der Waals surface area contributed by atoms with Crippen LogP contribution in [0.5, 0.6) is 0 Å². The zero-order chi connectivity index (χ0) is 16.2. The highest BCUT2D eigenvalue weighted by Crippen LogP contribution is 2.29. The number of benzene rings is 1. The summed E-state index contributed by atoms with van der Waals surface area (Å²) in [6.07, 6.45) is 1.66. The van der Waals surface area contributed by atoms with Crippen molar-refractivity contribution in [2.45, 2.75) is 10.8 Å². The zero-order valence-electron chi connectivity index (χ0n) is 11.9. The SMILES string of the molecule is NC(=O)c1cccnc1SCc1csc(-c2cccc(Br)c2)n1. The molecule has 23 heavy (non-hydrogen) atoms. The molecule has 2 aromatic heterocycles. The van der Waals surface area contributed by atoms with Gasteiger partial charge in [-0.15, -0.1) is 11.3 Å². The highest BCUT2D eigenvalue weighted by Gasteiger charge is 2.11. The topological polar surface area (TPSA) is 68.9 Å². The summed E-state index contributed by atoms with van der Waals surface area (Å²) in [5.41, 5.74) is 7.85. The fourth-order valence-corrected chi connectivity index (χ4v) is 4.18. The molecule has 0 aliphatic heterocycles. The first-order chi connectivity index (χ1) is 11.1. The number of aromatic nitrogens is 2. The van der Waals surface area contributed by atoms with Crippen molar-refractivity contribution < 1.29 is 4.79 Å². The van der Waals surface area contributed by atoms with Gasteiger partial charge in [0.1, 0.15) is 10.0 Å². The number of halogens is 1. The van der Waals surface area contributed by atoms with Crippen LogP contribution < -0.4 is 5.73 Å². The summed E-state index contributed by atoms with van der Waals surface area (Å²) >= 11 is 6.53. The van der Waals surface area contributed by atoms with Gasteiger partial charge in [-0.25, -0.2) is 9.97 Å². The normalized spacial score (nSPS) is 10.7. The summed E-state index contributed by atoms with van der Waals surface area (Å²) in [6, 6.07) is 11.4. The van der Waals surface area contributed by atoms with Gasteiger partial charge in [-0.2, -0.15) is 0 Å². The maximum atomic E-state index is 11.4. The van der Waals surface area contributed by atoms with Crippen LogP contribution in [0.4, 0.5) is 0 Å². The van der Waals surface area contributed by atoms with E-state index in [1.54, 1.807) is 29.7 Å². The number of pyridine rings is 1. The van der Waals surface area contributed by atoms with Crippen molar-refractivity contribution in [1.29, 1.82) is 0 Å². The molecular formula is C16H12BrN3OS2. The highest BCUT2D eigenvalue weighted by atomic mass is 79.9. The lowest BCUT2D eigenvalue weighted by molar-refractivity contribution is 0.0997. The first-order valence-corrected chi connectivity index (χ1v) is 9.37. The van der Waals surface area contributed by atoms with Gasteiger partial charge in [0.05, 0.1) is 11.3 Å². The Morgan fingerprint density at radius 3 is 2.96 bits per heavy atom. The molecule has 3 aromatic rings. The van der Waals surface area contributed by atoms with Crippen LogP contribution in [0.25, 0.3) is 10.6 Å². The van der Waals surface area contributed by atoms with Gasteiger partial charge in [0, 0.05) is 27.4 Å². The van der Waals surface area contributed by atoms with Crippen molar-refractivity contribution in [3.8, 4) is 10.6 Å². The molecule has 0 saturated heterocycles. The molecule has 0 spiro atoms. The van der Waals surface area contributed by atoms with Crippen LogP contribution in [-0.4, -0.2) is 15.9 Å². The van der Waals surface area contributed by atoms with Crippen molar-refractivity contribution in [2.24, 2.45) is 5.73 Å². The molecule has 4 nitrogen and oxygen atoms in total. The maximum Gasteiger partial charge on any atom is 0.251 e. The van der Waals surface area contributed by atoms with Crippen LogP contribution in [0.2, 0.25) is 0 Å². The summed E-state index contributed by atoms with van der Waals surface area (Å²) in [5.74, 6) is 0.177. The van der Waals surface area contributed by atoms with Gasteiger partial charge < -0.3 is 5.73 Å². The largest absolute Gasteiger partial charge is 0.366 e. The number of thiazole rings is 1. The van der Waals surface area contributed by atoms with Crippen LogP contribution in [0.3, 0.4) is 0 Å². The number of hydrogen-bond acceptors (Lipinski definition) is 5. The minimum Gasteiger partial charge on any atom is -0.366 e. The van der Waals surface area contributed by atoms with Crippen molar-refractivity contribution >= 4 is 44.9 Å². The van der Waals surface area contributed by atoms with E-state index in [0.717, 1.165) is 20.7 Å². The Kier molecular flexibility index (Phi) is 5.09. The summed E-state index contributed by atoms with van der Waals surface area (Å²) in [7, 11) is 0. The lowest BCUT2D eigenvalue weighted by atomic mass is 10.2. The Bertz CT molecular complexity index is 851. The van der Waals surface area contributed by atoms with Crippen LogP contribution >= 0.6 is 39.0 Å². The molecule has 0 radical (unpaired) electrons. The third kappa shape index (κ3) is 3.99. The molecule has 2 heterocycles. The lowest BCUT2D eigenvalue weighted by Gasteiger charge is -2.03. The number of hydrogen-bond donors (Lipinski definition) is 1. The summed E-state index contributed by atoms with van der Waals surface area (Å²) in [6.45, 7) is 0. The van der Waals surface area contributed by atoms with E-state index >= 15 is 0 Å². The molecule has 116 valence electrons. The van der Waals surface area contributed by atoms with E-state index in [0.29, 0.717) is 16.3 Å². The highest BCUT2D eigenvalue weighted by molar-refractivity contribution is 9.10. The number of carbonyl (C=O) groups excluding carboxylic acids is 1. The molecule has 1 amide bonds. The summed E-state index contributed by atoms with van der Waals surface area (Å²) in [5, 5.41) is 3.63. The van der Waals surface area contributed by atoms with Gasteiger partial charge in [0.15, 0.2) is 0 Å². The molecule has 0 aliphatic rings. The van der Waals surface area contributed by atoms with Crippen molar-refractivity contribution in [3.05, 3.63) is 63.7 Å². The molecular weight excluding hydrogens is 394 g/mol. The van der Waals surface area contributed by atoms with Crippen LogP contribution in [0.1, 0.15) is 16.1 Å². The first-order valence-electron chi connectivity index (χ1n) is 6.71. The van der Waals surface area contributed by atoms with E-state index in [-0.39, 0.29) is 0 Å². The standard InChI is InChI=1S/C16H12BrN3OS2/c17-11-4-1-3-10(7-11)15-20-12(8-22-15)9-23-16-13(14(18)21)5-2-6-19-16/h1-8H,9H2,(H2,18,21). The second kappa shape index (κ2) is 7.25. The Morgan fingerprint density at radius 2 is 2.17 bits per heavy atom. The van der Waals surface area contributed by atoms with E-state index in [1.165, 1.54) is 11.8 Å². The Balaban J connectivity index is 1.74. The smallest absolute Gasteiger partial charge is 0.251 e. The van der Waals surface area contributed by atoms with E-state index in [9.17, 15) is 4.79 Å². The number of rotatable bonds is 5. The van der Waals surface area contributed by atoms with Gasteiger partial charge in [0.2, 0.25) is 0 Å². The molecule has 1 aromatic carbocycles. The second-order valence-corrected chi connectivity index (χ2v) is 7.40. The number of primary amides is 1. The fourth-order valence-electron chi connectivity index (χ4n) is 1.96. The predicted octanol–water partition coefficient (Wildman–Crippen LogP) is 4.36. The van der Waals surface area contributed by atoms with E-state index in [1.807, 2.05) is 29.6 Å². The summed E-state index contributed by atoms with van der Waals surface area (Å²) < 4.78 is 1.03. The Hall–Kier alpha value is -1.70. The minimum atomic E-state index is -0.464. The van der Waals surface area contributed by atoms with E-state index in [4.69, 9.17) is 5.73 Å². The molecule has 3 rings (SSSR count). The summed E-state index contributed by atoms with van der Waals surface area (Å²) in [4.78, 5) is 20.3. The lowest BCUT2D eigenvalue weighted by Crippen LogP contribution is -2.12. The number of amides is 1. The Labute approximate surface area is 150 Å². The van der Waals surface area contributed by atoms with Gasteiger partial charge >= 0.3 is 0 Å². The quantitative estimate of drug-likeness (QED) is 0.640. The van der Waals surface area contributed by atoms with Crippen molar-refractivity contribution in [1.82, 2.24) is 9.97 Å². The average molecular weight is 406 g/mol. The van der Waals surface area contributed by atoms with Gasteiger partial charge in [-0.05, 0) is 24.3 Å². The molecule has 2 N–H and O–H groups in total. The third-order valence-corrected chi connectivity index (χ3v) is 5.49. The molecule has 0 saturated carbocycles. The molecule has 0 atom stereocenters. The first kappa shape index (κ1) is 16.2. The monoisotopic (exact) mass is 405 g/mol. The minimum absolute atomic E-state index is 0.444. The number of thioether (sulfide) groups is 1. The maximum absolute atomic E-state index is 11.4. The second-order valence-electron chi connectivity index (χ2n) is 4.66.